The van der Waals surface area contributed by atoms with Gasteiger partial charge in [0.2, 0.25) is 0 Å². The van der Waals surface area contributed by atoms with Crippen LogP contribution in [0.4, 0.5) is 20.6 Å². The lowest BCUT2D eigenvalue weighted by Crippen LogP contribution is -2.42. The third-order valence-corrected chi connectivity index (χ3v) is 7.11. The Balaban J connectivity index is 1.50. The molecule has 0 aromatic heterocycles. The summed E-state index contributed by atoms with van der Waals surface area (Å²) in [5, 5.41) is 5.98. The number of anilines is 2. The molecule has 1 saturated carbocycles. The predicted molar refractivity (Wildman–Crippen MR) is 147 cm³/mol. The number of carbonyl (C=O) groups excluding carboxylic acids is 2. The molecule has 3 aromatic rings. The number of nitrogens with one attached hydrogen (secondary N) is 2. The largest absolute Gasteiger partial charge is 0.322 e. The molecule has 4 rings (SSSR count). The second-order valence-electron chi connectivity index (χ2n) is 10.1. The highest BCUT2D eigenvalue weighted by atomic mass is 19.1. The lowest BCUT2D eigenvalue weighted by atomic mass is 10.0. The van der Waals surface area contributed by atoms with Crippen molar-refractivity contribution < 1.29 is 14.0 Å². The number of amides is 3. The highest BCUT2D eigenvalue weighted by Gasteiger charge is 2.26. The first-order valence-electron chi connectivity index (χ1n) is 13.1. The van der Waals surface area contributed by atoms with Crippen LogP contribution in [0.2, 0.25) is 0 Å². The van der Waals surface area contributed by atoms with Crippen LogP contribution in [0.15, 0.2) is 60.7 Å². The van der Waals surface area contributed by atoms with E-state index >= 15 is 0 Å². The smallest absolute Gasteiger partial charge is 0.322 e. The fraction of sp³-hybridized carbons (Fsp3) is 0.355. The van der Waals surface area contributed by atoms with Gasteiger partial charge in [-0.2, -0.15) is 0 Å². The van der Waals surface area contributed by atoms with E-state index in [1.165, 1.54) is 42.7 Å². The first-order valence-corrected chi connectivity index (χ1v) is 13.1. The molecule has 0 atom stereocenters. The van der Waals surface area contributed by atoms with Crippen molar-refractivity contribution in [2.45, 2.75) is 71.9 Å². The van der Waals surface area contributed by atoms with Gasteiger partial charge in [-0.15, -0.1) is 0 Å². The monoisotopic (exact) mass is 501 g/mol. The minimum absolute atomic E-state index is 0.0833. The molecular formula is C31H36FN3O2. The minimum atomic E-state index is -0.350. The number of hydrogen-bond donors (Lipinski definition) is 2. The molecular weight excluding hydrogens is 465 g/mol. The van der Waals surface area contributed by atoms with Gasteiger partial charge < -0.3 is 15.5 Å². The Bertz CT molecular complexity index is 1210. The van der Waals surface area contributed by atoms with Crippen molar-refractivity contribution in [2.75, 3.05) is 10.6 Å². The van der Waals surface area contributed by atoms with E-state index in [2.05, 4.69) is 29.7 Å². The van der Waals surface area contributed by atoms with E-state index in [1.807, 2.05) is 30.9 Å². The number of aryl methyl sites for hydroxylation is 3. The minimum Gasteiger partial charge on any atom is -0.322 e. The maximum absolute atomic E-state index is 13.6. The van der Waals surface area contributed by atoms with Gasteiger partial charge in [-0.1, -0.05) is 55.5 Å². The molecule has 0 aliphatic heterocycles. The average Bonchev–Trinajstić information content (AvgIpc) is 3.16. The average molecular weight is 502 g/mol. The molecule has 1 aliphatic carbocycles. The second kappa shape index (κ2) is 12.0. The van der Waals surface area contributed by atoms with E-state index < -0.39 is 0 Å². The molecule has 3 aromatic carbocycles. The maximum Gasteiger partial charge on any atom is 0.322 e. The van der Waals surface area contributed by atoms with Crippen LogP contribution in [0, 0.1) is 26.6 Å². The van der Waals surface area contributed by atoms with Crippen LogP contribution in [0.1, 0.15) is 71.1 Å². The fourth-order valence-corrected chi connectivity index (χ4v) is 5.19. The quantitative estimate of drug-likeness (QED) is 0.339. The molecule has 37 heavy (non-hydrogen) atoms. The fourth-order valence-electron chi connectivity index (χ4n) is 5.19. The van der Waals surface area contributed by atoms with Gasteiger partial charge >= 0.3 is 6.03 Å². The van der Waals surface area contributed by atoms with E-state index in [0.29, 0.717) is 17.8 Å². The van der Waals surface area contributed by atoms with Gasteiger partial charge in [-0.25, -0.2) is 9.18 Å². The normalized spacial score (nSPS) is 14.1. The molecule has 0 saturated heterocycles. The van der Waals surface area contributed by atoms with E-state index in [-0.39, 0.29) is 23.8 Å². The molecule has 0 heterocycles. The van der Waals surface area contributed by atoms with E-state index in [4.69, 9.17) is 0 Å². The Labute approximate surface area is 219 Å². The van der Waals surface area contributed by atoms with Crippen LogP contribution in [-0.4, -0.2) is 22.9 Å². The molecule has 0 unspecified atom stereocenters. The predicted octanol–water partition coefficient (Wildman–Crippen LogP) is 7.76. The summed E-state index contributed by atoms with van der Waals surface area (Å²) in [6.45, 7) is 6.59. The summed E-state index contributed by atoms with van der Waals surface area (Å²) in [5.41, 5.74) is 6.18. The lowest BCUT2D eigenvalue weighted by Gasteiger charge is -2.32. The van der Waals surface area contributed by atoms with Crippen molar-refractivity contribution in [3.05, 3.63) is 94.3 Å². The number of benzene rings is 3. The number of hydrogen-bond acceptors (Lipinski definition) is 2. The Hall–Kier alpha value is -3.67. The van der Waals surface area contributed by atoms with Crippen molar-refractivity contribution >= 4 is 23.3 Å². The van der Waals surface area contributed by atoms with Crippen molar-refractivity contribution in [1.29, 1.82) is 0 Å². The number of carbonyl (C=O) groups is 2. The highest BCUT2D eigenvalue weighted by Crippen LogP contribution is 2.27. The number of urea groups is 1. The molecule has 2 N–H and O–H groups in total. The number of rotatable bonds is 6. The molecule has 194 valence electrons. The molecule has 5 nitrogen and oxygen atoms in total. The van der Waals surface area contributed by atoms with Gasteiger partial charge in [0.05, 0.1) is 0 Å². The second-order valence-corrected chi connectivity index (χ2v) is 10.1. The van der Waals surface area contributed by atoms with Crippen LogP contribution in [-0.2, 0) is 6.54 Å². The van der Waals surface area contributed by atoms with Gasteiger partial charge in [-0.3, -0.25) is 4.79 Å². The van der Waals surface area contributed by atoms with Gasteiger partial charge in [0.25, 0.3) is 5.91 Å². The lowest BCUT2D eigenvalue weighted by molar-refractivity contribution is 0.102. The summed E-state index contributed by atoms with van der Waals surface area (Å²) in [4.78, 5) is 28.3. The van der Waals surface area contributed by atoms with E-state index in [9.17, 15) is 14.0 Å². The van der Waals surface area contributed by atoms with Crippen molar-refractivity contribution in [3.8, 4) is 0 Å². The van der Waals surface area contributed by atoms with Crippen LogP contribution < -0.4 is 10.6 Å². The third kappa shape index (κ3) is 6.97. The first-order chi connectivity index (χ1) is 17.8. The zero-order valence-electron chi connectivity index (χ0n) is 21.9. The van der Waals surface area contributed by atoms with Gasteiger partial charge in [0.15, 0.2) is 0 Å². The number of nitrogens with zero attached hydrogens (tertiary/aromatic N) is 1. The molecule has 6 heteroatoms. The summed E-state index contributed by atoms with van der Waals surface area (Å²) in [5.74, 6) is -0.612. The standard InChI is InChI=1S/C31H36FN3O2/c1-21-18-22(2)29(23(3)19-21)34-31(37)35(28-8-6-4-5-7-9-28)20-24-10-12-25(13-11-24)30(36)33-27-16-14-26(32)15-17-27/h10-19,28H,4-9,20H2,1-3H3,(H,33,36)(H,34,37). The number of halogens is 1. The van der Waals surface area contributed by atoms with E-state index in [0.717, 1.165) is 48.1 Å². The molecule has 0 radical (unpaired) electrons. The highest BCUT2D eigenvalue weighted by molar-refractivity contribution is 6.04. The topological polar surface area (TPSA) is 61.4 Å². The Morgan fingerprint density at radius 1 is 0.838 bits per heavy atom. The summed E-state index contributed by atoms with van der Waals surface area (Å²) < 4.78 is 13.1. The molecule has 3 amide bonds. The Kier molecular flexibility index (Phi) is 8.59. The molecule has 1 aliphatic rings. The van der Waals surface area contributed by atoms with Crippen molar-refractivity contribution in [3.63, 3.8) is 0 Å². The SMILES string of the molecule is Cc1cc(C)c(NC(=O)N(Cc2ccc(C(=O)Nc3ccc(F)cc3)cc2)C2CCCCCC2)c(C)c1. The summed E-state index contributed by atoms with van der Waals surface area (Å²) >= 11 is 0. The summed E-state index contributed by atoms with van der Waals surface area (Å²) in [7, 11) is 0. The first kappa shape index (κ1) is 26.4. The molecule has 0 spiro atoms. The maximum atomic E-state index is 13.6. The molecule has 0 bridgehead atoms. The van der Waals surface area contributed by atoms with Crippen LogP contribution in [0.3, 0.4) is 0 Å². The summed E-state index contributed by atoms with van der Waals surface area (Å²) in [6, 6.07) is 17.3. The zero-order chi connectivity index (χ0) is 26.4. The van der Waals surface area contributed by atoms with Crippen molar-refractivity contribution in [1.82, 2.24) is 4.90 Å². The van der Waals surface area contributed by atoms with Crippen LogP contribution >= 0.6 is 0 Å². The molecule has 1 fully saturated rings. The van der Waals surface area contributed by atoms with Gasteiger partial charge in [-0.05, 0) is 86.7 Å². The summed E-state index contributed by atoms with van der Waals surface area (Å²) in [6.07, 6.45) is 6.66. The Morgan fingerprint density at radius 3 is 2.03 bits per heavy atom. The van der Waals surface area contributed by atoms with Gasteiger partial charge in [0, 0.05) is 29.5 Å². The van der Waals surface area contributed by atoms with Crippen molar-refractivity contribution in [2.24, 2.45) is 0 Å². The Morgan fingerprint density at radius 2 is 1.43 bits per heavy atom. The third-order valence-electron chi connectivity index (χ3n) is 7.11. The van der Waals surface area contributed by atoms with Gasteiger partial charge in [0.1, 0.15) is 5.82 Å². The van der Waals surface area contributed by atoms with E-state index in [1.54, 1.807) is 12.1 Å². The van der Waals surface area contributed by atoms with Crippen LogP contribution in [0.25, 0.3) is 0 Å². The zero-order valence-corrected chi connectivity index (χ0v) is 21.9. The van der Waals surface area contributed by atoms with Crippen LogP contribution in [0.5, 0.6) is 0 Å².